The average molecular weight is 249 g/mol. The van der Waals surface area contributed by atoms with E-state index < -0.39 is 0 Å². The summed E-state index contributed by atoms with van der Waals surface area (Å²) in [6, 6.07) is 6.69. The van der Waals surface area contributed by atoms with Gasteiger partial charge in [0, 0.05) is 0 Å². The second-order valence-electron chi connectivity index (χ2n) is 3.99. The van der Waals surface area contributed by atoms with Crippen molar-refractivity contribution in [2.45, 2.75) is 33.1 Å². The van der Waals surface area contributed by atoms with E-state index in [1.54, 1.807) is 11.3 Å². The molecule has 0 unspecified atom stereocenters. The van der Waals surface area contributed by atoms with E-state index in [-0.39, 0.29) is 5.82 Å². The van der Waals surface area contributed by atoms with Crippen molar-refractivity contribution in [1.82, 2.24) is 4.98 Å². The van der Waals surface area contributed by atoms with E-state index >= 15 is 0 Å². The molecule has 0 aliphatic carbocycles. The summed E-state index contributed by atoms with van der Waals surface area (Å²) < 4.78 is 12.9. The largest absolute Gasteiger partial charge is 0.246 e. The maximum atomic E-state index is 12.9. The molecule has 1 nitrogen and oxygen atoms in total. The molecule has 0 aliphatic heterocycles. The van der Waals surface area contributed by atoms with Gasteiger partial charge in [-0.3, -0.25) is 0 Å². The fourth-order valence-corrected chi connectivity index (χ4v) is 2.84. The Hall–Kier alpha value is -1.22. The first-order valence-electron chi connectivity index (χ1n) is 5.99. The summed E-state index contributed by atoms with van der Waals surface area (Å²) in [6.45, 7) is 4.27. The maximum absolute atomic E-state index is 12.9. The summed E-state index contributed by atoms with van der Waals surface area (Å²) in [5.41, 5.74) is 2.23. The maximum Gasteiger partial charge on any atom is 0.123 e. The van der Waals surface area contributed by atoms with Crippen molar-refractivity contribution in [1.29, 1.82) is 0 Å². The van der Waals surface area contributed by atoms with Gasteiger partial charge >= 0.3 is 0 Å². The van der Waals surface area contributed by atoms with Crippen LogP contribution in [0.5, 0.6) is 0 Å². The van der Waals surface area contributed by atoms with Crippen LogP contribution in [0.25, 0.3) is 10.4 Å². The molecular formula is C14H16FNS. The summed E-state index contributed by atoms with van der Waals surface area (Å²) in [7, 11) is 0. The molecule has 0 fully saturated rings. The quantitative estimate of drug-likeness (QED) is 0.779. The van der Waals surface area contributed by atoms with Crippen LogP contribution in [0.15, 0.2) is 24.3 Å². The van der Waals surface area contributed by atoms with E-state index in [2.05, 4.69) is 18.8 Å². The Morgan fingerprint density at radius 1 is 1.18 bits per heavy atom. The Balaban J connectivity index is 2.42. The lowest BCUT2D eigenvalue weighted by molar-refractivity contribution is 0.628. The van der Waals surface area contributed by atoms with Crippen molar-refractivity contribution in [2.24, 2.45) is 0 Å². The Morgan fingerprint density at radius 2 is 1.88 bits per heavy atom. The van der Waals surface area contributed by atoms with Gasteiger partial charge in [-0.05, 0) is 30.5 Å². The number of aryl methyl sites for hydroxylation is 2. The minimum Gasteiger partial charge on any atom is -0.246 e. The molecule has 0 bridgehead atoms. The van der Waals surface area contributed by atoms with E-state index in [0.29, 0.717) is 0 Å². The number of thiazole rings is 1. The Kier molecular flexibility index (Phi) is 3.89. The van der Waals surface area contributed by atoms with E-state index in [9.17, 15) is 4.39 Å². The molecule has 2 aromatic rings. The van der Waals surface area contributed by atoms with Crippen molar-refractivity contribution >= 4 is 11.3 Å². The molecule has 0 saturated heterocycles. The summed E-state index contributed by atoms with van der Waals surface area (Å²) in [5.74, 6) is -0.189. The fraction of sp³-hybridized carbons (Fsp3) is 0.357. The van der Waals surface area contributed by atoms with Crippen LogP contribution in [0.4, 0.5) is 4.39 Å². The molecule has 2 rings (SSSR count). The number of aromatic nitrogens is 1. The molecule has 1 heterocycles. The lowest BCUT2D eigenvalue weighted by Gasteiger charge is -2.00. The van der Waals surface area contributed by atoms with Gasteiger partial charge in [0.25, 0.3) is 0 Å². The van der Waals surface area contributed by atoms with Gasteiger partial charge < -0.3 is 0 Å². The number of rotatable bonds is 4. The second-order valence-corrected chi connectivity index (χ2v) is 5.08. The van der Waals surface area contributed by atoms with Gasteiger partial charge in [-0.2, -0.15) is 0 Å². The monoisotopic (exact) mass is 249 g/mol. The predicted molar refractivity (Wildman–Crippen MR) is 70.9 cm³/mol. The van der Waals surface area contributed by atoms with Gasteiger partial charge in [-0.25, -0.2) is 9.37 Å². The van der Waals surface area contributed by atoms with Crippen molar-refractivity contribution < 1.29 is 4.39 Å². The molecule has 17 heavy (non-hydrogen) atoms. The molecule has 0 atom stereocenters. The van der Waals surface area contributed by atoms with Gasteiger partial charge in [-0.1, -0.05) is 32.4 Å². The number of hydrogen-bond acceptors (Lipinski definition) is 2. The third-order valence-corrected chi connectivity index (χ3v) is 3.93. The second kappa shape index (κ2) is 5.41. The predicted octanol–water partition coefficient (Wildman–Crippen LogP) is 4.46. The molecule has 0 N–H and O–H groups in total. The van der Waals surface area contributed by atoms with E-state index in [0.717, 1.165) is 35.5 Å². The topological polar surface area (TPSA) is 12.9 Å². The number of hydrogen-bond donors (Lipinski definition) is 0. The summed E-state index contributed by atoms with van der Waals surface area (Å²) in [5, 5.41) is 1.16. The molecule has 3 heteroatoms. The molecular weight excluding hydrogens is 233 g/mol. The minimum atomic E-state index is -0.189. The van der Waals surface area contributed by atoms with Gasteiger partial charge in [0.15, 0.2) is 0 Å². The van der Waals surface area contributed by atoms with Crippen molar-refractivity contribution in [2.75, 3.05) is 0 Å². The highest BCUT2D eigenvalue weighted by molar-refractivity contribution is 7.15. The van der Waals surface area contributed by atoms with Crippen molar-refractivity contribution in [3.8, 4) is 10.4 Å². The van der Waals surface area contributed by atoms with Crippen LogP contribution in [0.2, 0.25) is 0 Å². The highest BCUT2D eigenvalue weighted by atomic mass is 32.1. The molecule has 90 valence electrons. The third kappa shape index (κ3) is 2.72. The standard InChI is InChI=1S/C14H16FNS/c1-3-5-12-14(17-13(4-2)16-12)10-6-8-11(15)9-7-10/h6-9H,3-5H2,1-2H3. The van der Waals surface area contributed by atoms with Gasteiger partial charge in [0.2, 0.25) is 0 Å². The molecule has 1 aromatic carbocycles. The molecule has 0 aliphatic rings. The Bertz CT molecular complexity index is 487. The van der Waals surface area contributed by atoms with Crippen LogP contribution in [0, 0.1) is 5.82 Å². The zero-order chi connectivity index (χ0) is 12.3. The van der Waals surface area contributed by atoms with Gasteiger partial charge in [-0.15, -0.1) is 11.3 Å². The molecule has 0 amide bonds. The van der Waals surface area contributed by atoms with Gasteiger partial charge in [0.05, 0.1) is 15.6 Å². The molecule has 1 aromatic heterocycles. The summed E-state index contributed by atoms with van der Waals surface area (Å²) >= 11 is 1.72. The Labute approximate surface area is 105 Å². The van der Waals surface area contributed by atoms with Crippen molar-refractivity contribution in [3.05, 3.63) is 40.8 Å². The highest BCUT2D eigenvalue weighted by Gasteiger charge is 2.11. The highest BCUT2D eigenvalue weighted by Crippen LogP contribution is 2.31. The van der Waals surface area contributed by atoms with Gasteiger partial charge in [0.1, 0.15) is 5.82 Å². The number of nitrogens with zero attached hydrogens (tertiary/aromatic N) is 1. The van der Waals surface area contributed by atoms with E-state index in [1.165, 1.54) is 17.0 Å². The first-order valence-corrected chi connectivity index (χ1v) is 6.80. The van der Waals surface area contributed by atoms with E-state index in [1.807, 2.05) is 12.1 Å². The SMILES string of the molecule is CCCc1nc(CC)sc1-c1ccc(F)cc1. The van der Waals surface area contributed by atoms with Crippen LogP contribution in [0.1, 0.15) is 31.0 Å². The third-order valence-electron chi connectivity index (χ3n) is 2.64. The number of halogens is 1. The molecule has 0 spiro atoms. The van der Waals surface area contributed by atoms with Crippen LogP contribution in [0.3, 0.4) is 0 Å². The first-order chi connectivity index (χ1) is 8.24. The van der Waals surface area contributed by atoms with Crippen LogP contribution < -0.4 is 0 Å². The van der Waals surface area contributed by atoms with Crippen molar-refractivity contribution in [3.63, 3.8) is 0 Å². The Morgan fingerprint density at radius 3 is 2.47 bits per heavy atom. The lowest BCUT2D eigenvalue weighted by atomic mass is 10.1. The summed E-state index contributed by atoms with van der Waals surface area (Å²) in [4.78, 5) is 5.84. The molecule has 0 saturated carbocycles. The zero-order valence-electron chi connectivity index (χ0n) is 10.2. The van der Waals surface area contributed by atoms with Crippen LogP contribution in [-0.2, 0) is 12.8 Å². The lowest BCUT2D eigenvalue weighted by Crippen LogP contribution is -1.88. The smallest absolute Gasteiger partial charge is 0.123 e. The van der Waals surface area contributed by atoms with Crippen LogP contribution in [-0.4, -0.2) is 4.98 Å². The van der Waals surface area contributed by atoms with E-state index in [4.69, 9.17) is 0 Å². The molecule has 0 radical (unpaired) electrons. The summed E-state index contributed by atoms with van der Waals surface area (Å²) in [6.07, 6.45) is 3.03. The fourth-order valence-electron chi connectivity index (χ4n) is 1.79. The normalized spacial score (nSPS) is 10.8. The van der Waals surface area contributed by atoms with Crippen LogP contribution >= 0.6 is 11.3 Å². The zero-order valence-corrected chi connectivity index (χ0v) is 11.0. The first kappa shape index (κ1) is 12.2. The number of benzene rings is 1. The minimum absolute atomic E-state index is 0.189. The average Bonchev–Trinajstić information content (AvgIpc) is 2.74.